The molecule has 0 atom stereocenters. The summed E-state index contributed by atoms with van der Waals surface area (Å²) in [6.45, 7) is 0.504. The maximum Gasteiger partial charge on any atom is 0.251 e. The minimum Gasteiger partial charge on any atom is -0.304 e. The van der Waals surface area contributed by atoms with E-state index in [1.165, 1.54) is 0 Å². The summed E-state index contributed by atoms with van der Waals surface area (Å²) in [5.74, 6) is 0. The Kier molecular flexibility index (Phi) is 3.89. The van der Waals surface area contributed by atoms with E-state index in [1.807, 2.05) is 60.7 Å². The van der Waals surface area contributed by atoms with E-state index < -0.39 is 0 Å². The third-order valence-corrected chi connectivity index (χ3v) is 3.58. The highest BCUT2D eigenvalue weighted by Gasteiger charge is 2.06. The minimum atomic E-state index is -0.0173. The summed E-state index contributed by atoms with van der Waals surface area (Å²) in [5.41, 5.74) is 2.92. The standard InChI is InChI=1S/C18H14ClNO/c19-16-9-4-6-14(12-16)13-20-17(10-5-11-18(20)21)15-7-2-1-3-8-15/h1-12H,13H2. The number of benzene rings is 2. The van der Waals surface area contributed by atoms with Crippen molar-refractivity contribution in [3.63, 3.8) is 0 Å². The molecule has 0 aliphatic rings. The third kappa shape index (κ3) is 3.06. The van der Waals surface area contributed by atoms with Crippen molar-refractivity contribution >= 4 is 11.6 Å². The van der Waals surface area contributed by atoms with Gasteiger partial charge >= 0.3 is 0 Å². The van der Waals surface area contributed by atoms with Gasteiger partial charge in [-0.1, -0.05) is 60.1 Å². The van der Waals surface area contributed by atoms with Crippen molar-refractivity contribution in [2.24, 2.45) is 0 Å². The topological polar surface area (TPSA) is 22.0 Å². The van der Waals surface area contributed by atoms with E-state index in [2.05, 4.69) is 0 Å². The largest absolute Gasteiger partial charge is 0.304 e. The van der Waals surface area contributed by atoms with Crippen LogP contribution in [0.25, 0.3) is 11.3 Å². The molecule has 0 saturated heterocycles. The average Bonchev–Trinajstić information content (AvgIpc) is 2.50. The van der Waals surface area contributed by atoms with E-state index in [4.69, 9.17) is 11.6 Å². The van der Waals surface area contributed by atoms with Gasteiger partial charge in [-0.05, 0) is 29.3 Å². The second-order valence-corrected chi connectivity index (χ2v) is 5.27. The van der Waals surface area contributed by atoms with Crippen LogP contribution in [-0.4, -0.2) is 4.57 Å². The van der Waals surface area contributed by atoms with Crippen molar-refractivity contribution in [1.29, 1.82) is 0 Å². The van der Waals surface area contributed by atoms with E-state index in [0.717, 1.165) is 16.8 Å². The summed E-state index contributed by atoms with van der Waals surface area (Å²) in [5, 5.41) is 0.678. The molecule has 104 valence electrons. The van der Waals surface area contributed by atoms with E-state index in [-0.39, 0.29) is 5.56 Å². The van der Waals surface area contributed by atoms with Gasteiger partial charge in [0, 0.05) is 11.1 Å². The van der Waals surface area contributed by atoms with Crippen LogP contribution in [0.2, 0.25) is 5.02 Å². The molecular weight excluding hydrogens is 282 g/mol. The molecule has 3 rings (SSSR count). The lowest BCUT2D eigenvalue weighted by atomic mass is 10.1. The van der Waals surface area contributed by atoms with Crippen LogP contribution >= 0.6 is 11.6 Å². The molecule has 0 radical (unpaired) electrons. The Balaban J connectivity index is 2.08. The Morgan fingerprint density at radius 2 is 1.62 bits per heavy atom. The summed E-state index contributed by atoms with van der Waals surface area (Å²) in [4.78, 5) is 12.2. The molecule has 2 aromatic carbocycles. The molecule has 0 spiro atoms. The lowest BCUT2D eigenvalue weighted by Gasteiger charge is -2.13. The lowest BCUT2D eigenvalue weighted by Crippen LogP contribution is -2.21. The highest BCUT2D eigenvalue weighted by molar-refractivity contribution is 6.30. The number of rotatable bonds is 3. The minimum absolute atomic E-state index is 0.0173. The summed E-state index contributed by atoms with van der Waals surface area (Å²) >= 11 is 6.02. The Morgan fingerprint density at radius 3 is 2.38 bits per heavy atom. The molecule has 0 amide bonds. The van der Waals surface area contributed by atoms with Crippen LogP contribution in [0.3, 0.4) is 0 Å². The SMILES string of the molecule is O=c1cccc(-c2ccccc2)n1Cc1cccc(Cl)c1. The first kappa shape index (κ1) is 13.7. The van der Waals surface area contributed by atoms with Crippen molar-refractivity contribution < 1.29 is 0 Å². The van der Waals surface area contributed by atoms with Gasteiger partial charge in [-0.2, -0.15) is 0 Å². The fourth-order valence-corrected chi connectivity index (χ4v) is 2.58. The zero-order valence-electron chi connectivity index (χ0n) is 11.4. The van der Waals surface area contributed by atoms with Crippen molar-refractivity contribution in [1.82, 2.24) is 4.57 Å². The van der Waals surface area contributed by atoms with Crippen molar-refractivity contribution in [3.05, 3.63) is 93.7 Å². The first-order chi connectivity index (χ1) is 10.2. The van der Waals surface area contributed by atoms with Crippen molar-refractivity contribution in [2.75, 3.05) is 0 Å². The van der Waals surface area contributed by atoms with Crippen LogP contribution in [0.1, 0.15) is 5.56 Å². The Hall–Kier alpha value is -2.32. The molecular formula is C18H14ClNO. The normalized spacial score (nSPS) is 10.5. The van der Waals surface area contributed by atoms with Crippen LogP contribution in [0.4, 0.5) is 0 Å². The molecule has 0 unspecified atom stereocenters. The summed E-state index contributed by atoms with van der Waals surface area (Å²) < 4.78 is 1.76. The summed E-state index contributed by atoms with van der Waals surface area (Å²) in [6, 6.07) is 22.8. The number of hydrogen-bond donors (Lipinski definition) is 0. The predicted molar refractivity (Wildman–Crippen MR) is 86.7 cm³/mol. The van der Waals surface area contributed by atoms with Crippen LogP contribution < -0.4 is 5.56 Å². The van der Waals surface area contributed by atoms with Crippen molar-refractivity contribution in [3.8, 4) is 11.3 Å². The zero-order chi connectivity index (χ0) is 14.7. The predicted octanol–water partition coefficient (Wildman–Crippen LogP) is 4.22. The van der Waals surface area contributed by atoms with Gasteiger partial charge in [0.15, 0.2) is 0 Å². The molecule has 0 fully saturated rings. The molecule has 21 heavy (non-hydrogen) atoms. The summed E-state index contributed by atoms with van der Waals surface area (Å²) in [7, 11) is 0. The fourth-order valence-electron chi connectivity index (χ4n) is 2.36. The van der Waals surface area contributed by atoms with Crippen LogP contribution in [0, 0.1) is 0 Å². The third-order valence-electron chi connectivity index (χ3n) is 3.35. The van der Waals surface area contributed by atoms with E-state index in [1.54, 1.807) is 16.7 Å². The summed E-state index contributed by atoms with van der Waals surface area (Å²) in [6.07, 6.45) is 0. The van der Waals surface area contributed by atoms with Gasteiger partial charge in [0.05, 0.1) is 12.2 Å². The van der Waals surface area contributed by atoms with Crippen LogP contribution in [0.5, 0.6) is 0 Å². The zero-order valence-corrected chi connectivity index (χ0v) is 12.1. The maximum absolute atomic E-state index is 12.2. The Bertz CT molecular complexity index is 809. The van der Waals surface area contributed by atoms with Crippen LogP contribution in [-0.2, 0) is 6.54 Å². The number of nitrogens with zero attached hydrogens (tertiary/aromatic N) is 1. The van der Waals surface area contributed by atoms with Crippen molar-refractivity contribution in [2.45, 2.75) is 6.54 Å². The monoisotopic (exact) mass is 295 g/mol. The molecule has 1 heterocycles. The number of aromatic nitrogens is 1. The fraction of sp³-hybridized carbons (Fsp3) is 0.0556. The molecule has 0 aliphatic heterocycles. The molecule has 0 saturated carbocycles. The van der Waals surface area contributed by atoms with E-state index in [9.17, 15) is 4.79 Å². The highest BCUT2D eigenvalue weighted by atomic mass is 35.5. The van der Waals surface area contributed by atoms with Gasteiger partial charge in [-0.25, -0.2) is 0 Å². The van der Waals surface area contributed by atoms with E-state index in [0.29, 0.717) is 11.6 Å². The van der Waals surface area contributed by atoms with Gasteiger partial charge in [0.2, 0.25) is 0 Å². The molecule has 3 aromatic rings. The lowest BCUT2D eigenvalue weighted by molar-refractivity contribution is 0.768. The Morgan fingerprint density at radius 1 is 0.857 bits per heavy atom. The molecule has 3 heteroatoms. The van der Waals surface area contributed by atoms with Gasteiger partial charge in [-0.3, -0.25) is 4.79 Å². The first-order valence-corrected chi connectivity index (χ1v) is 7.11. The molecule has 0 N–H and O–H groups in total. The highest BCUT2D eigenvalue weighted by Crippen LogP contribution is 2.19. The number of hydrogen-bond acceptors (Lipinski definition) is 1. The van der Waals surface area contributed by atoms with Gasteiger partial charge in [0.25, 0.3) is 5.56 Å². The second kappa shape index (κ2) is 5.98. The first-order valence-electron chi connectivity index (χ1n) is 6.74. The van der Waals surface area contributed by atoms with Crippen LogP contribution in [0.15, 0.2) is 77.6 Å². The second-order valence-electron chi connectivity index (χ2n) is 4.83. The molecule has 0 aliphatic carbocycles. The maximum atomic E-state index is 12.2. The van der Waals surface area contributed by atoms with Gasteiger partial charge in [-0.15, -0.1) is 0 Å². The Labute approximate surface area is 128 Å². The smallest absolute Gasteiger partial charge is 0.251 e. The molecule has 2 nitrogen and oxygen atoms in total. The van der Waals surface area contributed by atoms with Gasteiger partial charge in [0.1, 0.15) is 0 Å². The number of pyridine rings is 1. The number of halogens is 1. The van der Waals surface area contributed by atoms with E-state index >= 15 is 0 Å². The van der Waals surface area contributed by atoms with Gasteiger partial charge < -0.3 is 4.57 Å². The molecule has 0 bridgehead atoms. The molecule has 1 aromatic heterocycles. The quantitative estimate of drug-likeness (QED) is 0.709. The average molecular weight is 296 g/mol.